The monoisotopic (exact) mass is 441 g/mol. The third-order valence-corrected chi connectivity index (χ3v) is 9.59. The molecule has 2 saturated heterocycles. The molecule has 2 aliphatic heterocycles. The number of hydrogen-bond acceptors (Lipinski definition) is 6. The van der Waals surface area contributed by atoms with E-state index in [0.717, 1.165) is 58.4 Å². The zero-order valence-corrected chi connectivity index (χ0v) is 18.7. The Hall–Kier alpha value is -1.000. The maximum Gasteiger partial charge on any atom is 0.252 e. The summed E-state index contributed by atoms with van der Waals surface area (Å²) in [5, 5.41) is 1.79. The number of ether oxygens (including phenoxy) is 1. The summed E-state index contributed by atoms with van der Waals surface area (Å²) in [5.41, 5.74) is 0. The third-order valence-electron chi connectivity index (χ3n) is 6.36. The molecule has 1 saturated carbocycles. The molecule has 3 fully saturated rings. The van der Waals surface area contributed by atoms with Gasteiger partial charge in [0.15, 0.2) is 0 Å². The summed E-state index contributed by atoms with van der Waals surface area (Å²) in [6.45, 7) is 4.23. The van der Waals surface area contributed by atoms with Crippen molar-refractivity contribution in [2.75, 3.05) is 46.4 Å². The van der Waals surface area contributed by atoms with E-state index in [1.54, 1.807) is 24.6 Å². The number of carbonyl (C=O) groups is 1. The highest BCUT2D eigenvalue weighted by Gasteiger charge is 2.39. The van der Waals surface area contributed by atoms with E-state index in [1.165, 1.54) is 15.6 Å². The first kappa shape index (κ1) is 21.2. The fourth-order valence-electron chi connectivity index (χ4n) is 4.42. The topological polar surface area (TPSA) is 70.2 Å². The maximum absolute atomic E-state index is 12.8. The van der Waals surface area contributed by atoms with Gasteiger partial charge in [0, 0.05) is 64.4 Å². The minimum Gasteiger partial charge on any atom is -0.381 e. The number of nitrogens with zero attached hydrogens (tertiary/aromatic N) is 3. The Morgan fingerprint density at radius 3 is 2.59 bits per heavy atom. The standard InChI is InChI=1S/C20H31N3O4S2/c1-21(29(25,26)19-3-2-14-28-19)10-11-23(17-7-12-27-13-8-17)18-6-9-22(15-18)20(24)16-4-5-16/h2-3,14,16-18H,4-13,15H2,1H3. The number of hydrogen-bond donors (Lipinski definition) is 0. The van der Waals surface area contributed by atoms with Crippen molar-refractivity contribution >= 4 is 27.3 Å². The van der Waals surface area contributed by atoms with E-state index >= 15 is 0 Å². The van der Waals surface area contributed by atoms with Gasteiger partial charge in [-0.3, -0.25) is 9.69 Å². The van der Waals surface area contributed by atoms with E-state index in [9.17, 15) is 13.2 Å². The van der Waals surface area contributed by atoms with Crippen molar-refractivity contribution in [3.8, 4) is 0 Å². The molecule has 0 bridgehead atoms. The molecule has 1 atom stereocenters. The van der Waals surface area contributed by atoms with Crippen molar-refractivity contribution in [3.63, 3.8) is 0 Å². The molecule has 162 valence electrons. The van der Waals surface area contributed by atoms with Crippen LogP contribution in [0, 0.1) is 5.92 Å². The Labute approximate surface area is 177 Å². The number of rotatable bonds is 8. The highest BCUT2D eigenvalue weighted by atomic mass is 32.2. The zero-order valence-electron chi connectivity index (χ0n) is 17.0. The van der Waals surface area contributed by atoms with E-state index < -0.39 is 10.0 Å². The van der Waals surface area contributed by atoms with Crippen molar-refractivity contribution in [1.82, 2.24) is 14.1 Å². The Kier molecular flexibility index (Phi) is 6.60. The lowest BCUT2D eigenvalue weighted by Gasteiger charge is -2.39. The second-order valence-corrected chi connectivity index (χ2v) is 11.6. The van der Waals surface area contributed by atoms with Crippen LogP contribution in [0.4, 0.5) is 0 Å². The van der Waals surface area contributed by atoms with Gasteiger partial charge in [0.1, 0.15) is 4.21 Å². The van der Waals surface area contributed by atoms with Gasteiger partial charge in [0.05, 0.1) is 0 Å². The fraction of sp³-hybridized carbons (Fsp3) is 0.750. The SMILES string of the molecule is CN(CCN(C1CCOCC1)C1CCN(C(=O)C2CC2)C1)S(=O)(=O)c1cccs1. The molecule has 1 aromatic rings. The summed E-state index contributed by atoms with van der Waals surface area (Å²) in [5.74, 6) is 0.573. The fourth-order valence-corrected chi connectivity index (χ4v) is 6.78. The first-order valence-corrected chi connectivity index (χ1v) is 12.9. The number of sulfonamides is 1. The van der Waals surface area contributed by atoms with Crippen LogP contribution in [-0.4, -0.2) is 87.0 Å². The van der Waals surface area contributed by atoms with Gasteiger partial charge in [0.2, 0.25) is 5.91 Å². The van der Waals surface area contributed by atoms with Crippen LogP contribution in [0.5, 0.6) is 0 Å². The van der Waals surface area contributed by atoms with Gasteiger partial charge in [-0.2, -0.15) is 4.31 Å². The molecule has 3 heterocycles. The summed E-state index contributed by atoms with van der Waals surface area (Å²) in [6, 6.07) is 4.12. The number of amides is 1. The second kappa shape index (κ2) is 9.01. The molecule has 9 heteroatoms. The molecule has 3 aliphatic rings. The summed E-state index contributed by atoms with van der Waals surface area (Å²) >= 11 is 1.25. The van der Waals surface area contributed by atoms with Gasteiger partial charge in [-0.25, -0.2) is 8.42 Å². The quantitative estimate of drug-likeness (QED) is 0.616. The molecule has 29 heavy (non-hydrogen) atoms. The van der Waals surface area contributed by atoms with Gasteiger partial charge < -0.3 is 9.64 Å². The second-order valence-electron chi connectivity index (χ2n) is 8.34. The van der Waals surface area contributed by atoms with Crippen LogP contribution < -0.4 is 0 Å². The predicted octanol–water partition coefficient (Wildman–Crippen LogP) is 1.86. The van der Waals surface area contributed by atoms with Crippen molar-refractivity contribution in [3.05, 3.63) is 17.5 Å². The normalized spacial score (nSPS) is 24.0. The van der Waals surface area contributed by atoms with Crippen molar-refractivity contribution < 1.29 is 17.9 Å². The number of likely N-dealkylation sites (tertiary alicyclic amines) is 1. The predicted molar refractivity (Wildman–Crippen MR) is 112 cm³/mol. The molecule has 1 unspecified atom stereocenters. The lowest BCUT2D eigenvalue weighted by atomic mass is 10.0. The largest absolute Gasteiger partial charge is 0.381 e. The number of likely N-dealkylation sites (N-methyl/N-ethyl adjacent to an activating group) is 1. The Bertz CT molecular complexity index is 789. The smallest absolute Gasteiger partial charge is 0.252 e. The lowest BCUT2D eigenvalue weighted by Crippen LogP contribution is -2.50. The molecule has 0 aromatic carbocycles. The van der Waals surface area contributed by atoms with Crippen LogP contribution in [0.15, 0.2) is 21.7 Å². The van der Waals surface area contributed by atoms with Crippen LogP contribution in [0.25, 0.3) is 0 Å². The Balaban J connectivity index is 1.41. The molecule has 0 spiro atoms. The third kappa shape index (κ3) is 4.85. The first-order valence-electron chi connectivity index (χ1n) is 10.6. The van der Waals surface area contributed by atoms with E-state index in [1.807, 2.05) is 4.90 Å². The van der Waals surface area contributed by atoms with E-state index in [4.69, 9.17) is 4.74 Å². The van der Waals surface area contributed by atoms with Crippen molar-refractivity contribution in [2.24, 2.45) is 5.92 Å². The van der Waals surface area contributed by atoms with Gasteiger partial charge in [-0.15, -0.1) is 11.3 Å². The molecule has 4 rings (SSSR count). The van der Waals surface area contributed by atoms with Crippen LogP contribution in [0.1, 0.15) is 32.1 Å². The summed E-state index contributed by atoms with van der Waals surface area (Å²) in [4.78, 5) is 17.0. The molecule has 1 amide bonds. The minimum atomic E-state index is -3.44. The summed E-state index contributed by atoms with van der Waals surface area (Å²) in [7, 11) is -1.78. The van der Waals surface area contributed by atoms with Crippen molar-refractivity contribution in [2.45, 2.75) is 48.4 Å². The van der Waals surface area contributed by atoms with Crippen LogP contribution in [0.2, 0.25) is 0 Å². The highest BCUT2D eigenvalue weighted by Crippen LogP contribution is 2.33. The van der Waals surface area contributed by atoms with Crippen LogP contribution in [0.3, 0.4) is 0 Å². The Morgan fingerprint density at radius 2 is 1.93 bits per heavy atom. The molecular formula is C20H31N3O4S2. The van der Waals surface area contributed by atoms with E-state index in [2.05, 4.69) is 4.90 Å². The Morgan fingerprint density at radius 1 is 1.17 bits per heavy atom. The lowest BCUT2D eigenvalue weighted by molar-refractivity contribution is -0.131. The van der Waals surface area contributed by atoms with E-state index in [-0.39, 0.29) is 5.92 Å². The molecule has 0 N–H and O–H groups in total. The van der Waals surface area contributed by atoms with Gasteiger partial charge >= 0.3 is 0 Å². The van der Waals surface area contributed by atoms with E-state index in [0.29, 0.717) is 35.3 Å². The average molecular weight is 442 g/mol. The van der Waals surface area contributed by atoms with Crippen LogP contribution in [-0.2, 0) is 19.6 Å². The van der Waals surface area contributed by atoms with Gasteiger partial charge in [-0.1, -0.05) is 6.07 Å². The molecular weight excluding hydrogens is 410 g/mol. The van der Waals surface area contributed by atoms with Crippen molar-refractivity contribution in [1.29, 1.82) is 0 Å². The molecule has 1 aromatic heterocycles. The number of carbonyl (C=O) groups excluding carboxylic acids is 1. The molecule has 7 nitrogen and oxygen atoms in total. The average Bonchev–Trinajstić information content (AvgIpc) is 3.20. The minimum absolute atomic E-state index is 0.257. The zero-order chi connectivity index (χ0) is 20.4. The van der Waals surface area contributed by atoms with Crippen LogP contribution >= 0.6 is 11.3 Å². The first-order chi connectivity index (χ1) is 14.0. The van der Waals surface area contributed by atoms with Gasteiger partial charge in [0.25, 0.3) is 10.0 Å². The molecule has 1 aliphatic carbocycles. The highest BCUT2D eigenvalue weighted by molar-refractivity contribution is 7.91. The summed E-state index contributed by atoms with van der Waals surface area (Å²) < 4.78 is 32.9. The summed E-state index contributed by atoms with van der Waals surface area (Å²) in [6.07, 6.45) is 4.98. The van der Waals surface area contributed by atoms with Gasteiger partial charge in [-0.05, 0) is 43.6 Å². The maximum atomic E-state index is 12.8. The molecule has 0 radical (unpaired) electrons. The number of thiophene rings is 1.